The summed E-state index contributed by atoms with van der Waals surface area (Å²) in [6.45, 7) is 4.32. The molecule has 2 unspecified atom stereocenters. The second kappa shape index (κ2) is 11.7. The number of hydrogen-bond donors (Lipinski definition) is 4. The van der Waals surface area contributed by atoms with Crippen molar-refractivity contribution < 1.29 is 47.6 Å². The van der Waals surface area contributed by atoms with Crippen molar-refractivity contribution in [3.05, 3.63) is 0 Å². The molecule has 31 heavy (non-hydrogen) atoms. The summed E-state index contributed by atoms with van der Waals surface area (Å²) in [5, 5.41) is 13.2. The van der Waals surface area contributed by atoms with E-state index in [9.17, 15) is 33.4 Å². The number of nitrogens with one attached hydrogen (secondary N) is 2. The number of carbonyl (C=O) groups excluding carboxylic acids is 4. The van der Waals surface area contributed by atoms with Crippen molar-refractivity contribution in [3.63, 3.8) is 0 Å². The quantitative estimate of drug-likeness (QED) is 0.178. The first-order chi connectivity index (χ1) is 14.2. The summed E-state index contributed by atoms with van der Waals surface area (Å²) in [4.78, 5) is 67.5. The first kappa shape index (κ1) is 27.2. The molecule has 0 saturated carbocycles. The number of amides is 2. The predicted octanol–water partition coefficient (Wildman–Crippen LogP) is 0.0906. The number of carboxylic acids is 1. The van der Waals surface area contributed by atoms with Gasteiger partial charge in [-0.2, -0.15) is 0 Å². The van der Waals surface area contributed by atoms with Gasteiger partial charge in [0.05, 0.1) is 18.9 Å². The lowest BCUT2D eigenvalue weighted by molar-refractivity contribution is -0.142. The summed E-state index contributed by atoms with van der Waals surface area (Å²) < 4.78 is 21.1. The number of Topliss-reactive ketones (excluding diaryl/α,β-unsaturated/α-hetero) is 1. The zero-order valence-electron chi connectivity index (χ0n) is 17.4. The molecular weight excluding hydrogens is 455 g/mol. The van der Waals surface area contributed by atoms with E-state index in [1.807, 2.05) is 0 Å². The number of phosphoric ester groups is 1. The number of carboxylic acid groups (broad SMARTS) is 1. The maximum absolute atomic E-state index is 12.2. The molecule has 1 fully saturated rings. The van der Waals surface area contributed by atoms with Crippen LogP contribution in [0, 0.1) is 11.3 Å². The van der Waals surface area contributed by atoms with Gasteiger partial charge in [-0.15, -0.1) is 0 Å². The molecule has 0 spiro atoms. The van der Waals surface area contributed by atoms with Crippen LogP contribution in [0.4, 0.5) is 0 Å². The van der Waals surface area contributed by atoms with Crippen molar-refractivity contribution in [2.24, 2.45) is 11.3 Å². The predicted molar refractivity (Wildman–Crippen MR) is 109 cm³/mol. The molecular formula is C17H27N2O10PS. The lowest BCUT2D eigenvalue weighted by Gasteiger charge is -2.38. The number of carbonyl (C=O) groups is 5. The van der Waals surface area contributed by atoms with E-state index in [1.54, 1.807) is 13.8 Å². The first-order valence-corrected chi connectivity index (χ1v) is 11.8. The summed E-state index contributed by atoms with van der Waals surface area (Å²) in [5.41, 5.74) is -0.842. The van der Waals surface area contributed by atoms with Crippen LogP contribution in [0.1, 0.15) is 33.6 Å². The highest BCUT2D eigenvalue weighted by atomic mass is 32.2. The Morgan fingerprint density at radius 1 is 1.19 bits per heavy atom. The van der Waals surface area contributed by atoms with E-state index in [0.717, 1.165) is 18.7 Å². The molecule has 14 heteroatoms. The molecule has 176 valence electrons. The maximum atomic E-state index is 12.2. The van der Waals surface area contributed by atoms with Crippen LogP contribution in [0.15, 0.2) is 0 Å². The molecule has 0 aromatic heterocycles. The third-order valence-electron chi connectivity index (χ3n) is 4.26. The van der Waals surface area contributed by atoms with Gasteiger partial charge in [-0.25, -0.2) is 4.57 Å². The molecule has 1 aliphatic heterocycles. The second-order valence-corrected chi connectivity index (χ2v) is 10.0. The molecule has 12 nitrogen and oxygen atoms in total. The SMILES string of the molecule is CC(=O)C(CC(=O)O)C(=O)SCCNC(=O)CCNC(=O)[C@@H]1OP(=O)(O)OCC1(C)C. The summed E-state index contributed by atoms with van der Waals surface area (Å²) >= 11 is 0.758. The molecule has 0 bridgehead atoms. The van der Waals surface area contributed by atoms with E-state index in [0.29, 0.717) is 0 Å². The minimum absolute atomic E-state index is 0.0473. The van der Waals surface area contributed by atoms with Gasteiger partial charge in [-0.3, -0.25) is 33.0 Å². The van der Waals surface area contributed by atoms with Crippen molar-refractivity contribution in [1.82, 2.24) is 10.6 Å². The highest BCUT2D eigenvalue weighted by Gasteiger charge is 2.47. The third-order valence-corrected chi connectivity index (χ3v) is 6.17. The molecule has 1 rings (SSSR count). The number of thioether (sulfide) groups is 1. The van der Waals surface area contributed by atoms with Crippen molar-refractivity contribution in [2.45, 2.75) is 39.7 Å². The van der Waals surface area contributed by atoms with Crippen molar-refractivity contribution in [1.29, 1.82) is 0 Å². The van der Waals surface area contributed by atoms with Crippen LogP contribution >= 0.6 is 19.6 Å². The number of rotatable bonds is 11. The van der Waals surface area contributed by atoms with Crippen LogP contribution in [0.2, 0.25) is 0 Å². The molecule has 0 aromatic rings. The Morgan fingerprint density at radius 3 is 2.42 bits per heavy atom. The Morgan fingerprint density at radius 2 is 1.84 bits per heavy atom. The van der Waals surface area contributed by atoms with Crippen molar-refractivity contribution in [2.75, 3.05) is 25.4 Å². The van der Waals surface area contributed by atoms with E-state index < -0.39 is 60.4 Å². The Labute approximate surface area is 183 Å². The molecule has 0 aromatic carbocycles. The van der Waals surface area contributed by atoms with Gasteiger partial charge < -0.3 is 20.6 Å². The average Bonchev–Trinajstić information content (AvgIpc) is 2.64. The summed E-state index contributed by atoms with van der Waals surface area (Å²) in [7, 11) is -4.30. The summed E-state index contributed by atoms with van der Waals surface area (Å²) in [6, 6.07) is 0. The molecule has 1 saturated heterocycles. The van der Waals surface area contributed by atoms with Gasteiger partial charge in [0, 0.05) is 30.7 Å². The Bertz CT molecular complexity index is 772. The monoisotopic (exact) mass is 482 g/mol. The largest absolute Gasteiger partial charge is 0.481 e. The van der Waals surface area contributed by atoms with E-state index in [4.69, 9.17) is 14.2 Å². The molecule has 4 N–H and O–H groups in total. The molecule has 1 aliphatic rings. The van der Waals surface area contributed by atoms with Gasteiger partial charge >= 0.3 is 13.8 Å². The molecule has 0 radical (unpaired) electrons. The minimum atomic E-state index is -4.30. The fraction of sp³-hybridized carbons (Fsp3) is 0.706. The second-order valence-electron chi connectivity index (χ2n) is 7.54. The Balaban J connectivity index is 2.32. The zero-order valence-corrected chi connectivity index (χ0v) is 19.1. The number of ketones is 1. The number of phosphoric acid groups is 1. The summed E-state index contributed by atoms with van der Waals surface area (Å²) in [6.07, 6.45) is -1.88. The highest BCUT2D eigenvalue weighted by molar-refractivity contribution is 8.13. The topological polar surface area (TPSA) is 185 Å². The first-order valence-electron chi connectivity index (χ1n) is 9.34. The molecule has 0 aliphatic carbocycles. The smallest absolute Gasteiger partial charge is 0.472 e. The lowest BCUT2D eigenvalue weighted by atomic mass is 9.87. The van der Waals surface area contributed by atoms with E-state index in [2.05, 4.69) is 10.6 Å². The Kier molecular flexibility index (Phi) is 10.3. The van der Waals surface area contributed by atoms with Crippen molar-refractivity contribution in [3.8, 4) is 0 Å². The van der Waals surface area contributed by atoms with Crippen LogP contribution < -0.4 is 10.6 Å². The van der Waals surface area contributed by atoms with Gasteiger partial charge in [0.25, 0.3) is 0 Å². The maximum Gasteiger partial charge on any atom is 0.472 e. The third kappa shape index (κ3) is 9.48. The van der Waals surface area contributed by atoms with Crippen molar-refractivity contribution >= 4 is 48.3 Å². The molecule has 2 amide bonds. The zero-order chi connectivity index (χ0) is 23.8. The van der Waals surface area contributed by atoms with Gasteiger partial charge in [-0.1, -0.05) is 25.6 Å². The minimum Gasteiger partial charge on any atom is -0.481 e. The van der Waals surface area contributed by atoms with E-state index in [1.165, 1.54) is 0 Å². The Hall–Kier alpha value is -1.79. The number of aliphatic carboxylic acids is 1. The van der Waals surface area contributed by atoms with Gasteiger partial charge in [-0.05, 0) is 6.92 Å². The van der Waals surface area contributed by atoms with E-state index >= 15 is 0 Å². The highest BCUT2D eigenvalue weighted by Crippen LogP contribution is 2.52. The van der Waals surface area contributed by atoms with Gasteiger partial charge in [0.1, 0.15) is 5.78 Å². The van der Waals surface area contributed by atoms with Crippen LogP contribution in [0.3, 0.4) is 0 Å². The normalized spacial score (nSPS) is 23.4. The van der Waals surface area contributed by atoms with E-state index in [-0.39, 0.29) is 31.9 Å². The van der Waals surface area contributed by atoms with Gasteiger partial charge in [0.15, 0.2) is 11.2 Å². The number of hydrogen-bond acceptors (Lipinski definition) is 9. The molecule has 1 heterocycles. The van der Waals surface area contributed by atoms with Crippen LogP contribution in [-0.2, 0) is 37.6 Å². The standard InChI is InChI=1S/C17H27N2O10PS/c1-10(20)11(8-13(22)23)16(25)31-7-6-18-12(21)4-5-19-15(24)14-17(2,3)9-28-30(26,27)29-14/h11,14H,4-9H2,1-3H3,(H,18,21)(H,19,24)(H,22,23)(H,26,27)/t11?,14-/m0/s1. The average molecular weight is 482 g/mol. The lowest BCUT2D eigenvalue weighted by Crippen LogP contribution is -2.49. The molecule has 3 atom stereocenters. The van der Waals surface area contributed by atoms with Gasteiger partial charge in [0.2, 0.25) is 11.8 Å². The van der Waals surface area contributed by atoms with Crippen LogP contribution in [-0.4, -0.2) is 70.2 Å². The van der Waals surface area contributed by atoms with Crippen LogP contribution in [0.25, 0.3) is 0 Å². The fourth-order valence-corrected chi connectivity index (χ4v) is 4.58. The summed E-state index contributed by atoms with van der Waals surface area (Å²) in [5.74, 6) is -3.92. The van der Waals surface area contributed by atoms with Crippen LogP contribution in [0.5, 0.6) is 0 Å². The fourth-order valence-electron chi connectivity index (χ4n) is 2.52.